The first-order chi connectivity index (χ1) is 8.39. The van der Waals surface area contributed by atoms with E-state index in [1.54, 1.807) is 4.90 Å². The largest absolute Gasteiger partial charge is 0.451 e. The summed E-state index contributed by atoms with van der Waals surface area (Å²) in [6.07, 6.45) is 3.42. The van der Waals surface area contributed by atoms with Crippen molar-refractivity contribution in [2.45, 2.75) is 50.4 Å². The van der Waals surface area contributed by atoms with Crippen molar-refractivity contribution in [2.75, 3.05) is 19.6 Å². The normalized spacial score (nSPS) is 21.2. The molecule has 0 aromatic carbocycles. The summed E-state index contributed by atoms with van der Waals surface area (Å²) in [6, 6.07) is 0.00931. The second kappa shape index (κ2) is 7.38. The molecule has 4 nitrogen and oxygen atoms in total. The summed E-state index contributed by atoms with van der Waals surface area (Å²) in [5.74, 6) is -2.53. The van der Waals surface area contributed by atoms with E-state index in [2.05, 4.69) is 0 Å². The number of hydrogen-bond acceptors (Lipinski definition) is 4. The zero-order valence-electron chi connectivity index (χ0n) is 10.7. The Morgan fingerprint density at radius 3 is 2.56 bits per heavy atom. The van der Waals surface area contributed by atoms with Crippen LogP contribution in [0, 0.1) is 0 Å². The van der Waals surface area contributed by atoms with Crippen molar-refractivity contribution in [3.05, 3.63) is 0 Å². The van der Waals surface area contributed by atoms with Gasteiger partial charge < -0.3 is 15.8 Å². The molecule has 106 valence electrons. The summed E-state index contributed by atoms with van der Waals surface area (Å²) in [6.45, 7) is 0.937. The van der Waals surface area contributed by atoms with Crippen LogP contribution in [0.15, 0.2) is 0 Å². The molecule has 1 fully saturated rings. The zero-order valence-corrected chi connectivity index (χ0v) is 10.7. The lowest BCUT2D eigenvalue weighted by Gasteiger charge is -2.18. The van der Waals surface area contributed by atoms with Gasteiger partial charge in [-0.05, 0) is 25.7 Å². The van der Waals surface area contributed by atoms with Gasteiger partial charge in [0.2, 0.25) is 0 Å². The van der Waals surface area contributed by atoms with E-state index in [0.717, 1.165) is 25.7 Å². The highest BCUT2D eigenvalue weighted by atomic mass is 19.3. The number of halogens is 2. The molecule has 0 aromatic heterocycles. The van der Waals surface area contributed by atoms with E-state index in [9.17, 15) is 8.78 Å². The third-order valence-corrected chi connectivity index (χ3v) is 3.35. The molecule has 0 saturated carbocycles. The average molecular weight is 264 g/mol. The smallest absolute Gasteiger partial charge is 0.427 e. The number of nitrogens with zero attached hydrogens (tertiary/aromatic N) is 1. The molecular formula is C11H23BF2N2O2. The molecule has 1 rings (SSSR count). The van der Waals surface area contributed by atoms with Crippen LogP contribution in [-0.4, -0.2) is 53.7 Å². The number of nitrogens with two attached hydrogens (primary N) is 1. The maximum atomic E-state index is 12.9. The van der Waals surface area contributed by atoms with Gasteiger partial charge in [0.25, 0.3) is 5.92 Å². The Bertz CT molecular complexity index is 245. The highest BCUT2D eigenvalue weighted by Crippen LogP contribution is 2.26. The molecule has 1 heterocycles. The van der Waals surface area contributed by atoms with Crippen LogP contribution in [0.25, 0.3) is 0 Å². The lowest BCUT2D eigenvalue weighted by molar-refractivity contribution is 0.0120. The third-order valence-electron chi connectivity index (χ3n) is 3.35. The zero-order chi connectivity index (χ0) is 13.6. The molecule has 0 aromatic rings. The summed E-state index contributed by atoms with van der Waals surface area (Å²) in [5, 5.41) is 17.3. The van der Waals surface area contributed by atoms with Crippen molar-refractivity contribution < 1.29 is 18.8 Å². The number of likely N-dealkylation sites (tertiary alicyclic amines) is 1. The topological polar surface area (TPSA) is 69.7 Å². The Labute approximate surface area is 107 Å². The molecule has 0 aliphatic carbocycles. The van der Waals surface area contributed by atoms with Crippen molar-refractivity contribution >= 4 is 7.12 Å². The number of unbranched alkanes of at least 4 members (excludes halogenated alkanes) is 1. The van der Waals surface area contributed by atoms with Gasteiger partial charge in [-0.1, -0.05) is 12.8 Å². The summed E-state index contributed by atoms with van der Waals surface area (Å²) in [4.78, 5) is 1.76. The molecule has 0 spiro atoms. The fraction of sp³-hybridized carbons (Fsp3) is 1.00. The summed E-state index contributed by atoms with van der Waals surface area (Å²) < 4.78 is 25.8. The van der Waals surface area contributed by atoms with Crippen molar-refractivity contribution in [3.63, 3.8) is 0 Å². The van der Waals surface area contributed by atoms with E-state index < -0.39 is 13.0 Å². The van der Waals surface area contributed by atoms with Crippen LogP contribution < -0.4 is 5.73 Å². The van der Waals surface area contributed by atoms with Gasteiger partial charge >= 0.3 is 7.12 Å². The first-order valence-corrected chi connectivity index (χ1v) is 6.61. The van der Waals surface area contributed by atoms with E-state index >= 15 is 0 Å². The van der Waals surface area contributed by atoms with Gasteiger partial charge in [0.15, 0.2) is 0 Å². The minimum absolute atomic E-state index is 0.00931. The Hall–Kier alpha value is -0.235. The molecule has 0 bridgehead atoms. The van der Waals surface area contributed by atoms with Crippen LogP contribution in [0.2, 0.25) is 6.32 Å². The Kier molecular flexibility index (Phi) is 6.48. The number of alkyl halides is 2. The molecule has 1 aliphatic rings. The van der Waals surface area contributed by atoms with Crippen molar-refractivity contribution in [1.82, 2.24) is 4.90 Å². The standard InChI is InChI=1S/C11H23BF2N2O2/c13-11(14)5-8-16(9-11)7-4-10(15)3-1-2-6-12(17)18/h10,17-18H,1-9,15H2. The lowest BCUT2D eigenvalue weighted by Crippen LogP contribution is -2.31. The number of rotatable bonds is 8. The van der Waals surface area contributed by atoms with Crippen LogP contribution in [0.5, 0.6) is 0 Å². The Morgan fingerprint density at radius 2 is 2.00 bits per heavy atom. The quantitative estimate of drug-likeness (QED) is 0.445. The fourth-order valence-electron chi connectivity index (χ4n) is 2.22. The van der Waals surface area contributed by atoms with E-state index in [-0.39, 0.29) is 19.0 Å². The van der Waals surface area contributed by atoms with Gasteiger partial charge in [-0.15, -0.1) is 0 Å². The van der Waals surface area contributed by atoms with Crippen molar-refractivity contribution in [3.8, 4) is 0 Å². The number of hydrogen-bond donors (Lipinski definition) is 3. The highest BCUT2D eigenvalue weighted by molar-refractivity contribution is 6.40. The van der Waals surface area contributed by atoms with Crippen LogP contribution >= 0.6 is 0 Å². The SMILES string of the molecule is NC(CCCCB(O)O)CCN1CCC(F)(F)C1. The molecule has 1 aliphatic heterocycles. The predicted molar refractivity (Wildman–Crippen MR) is 67.4 cm³/mol. The monoisotopic (exact) mass is 264 g/mol. The first-order valence-electron chi connectivity index (χ1n) is 6.61. The van der Waals surface area contributed by atoms with E-state index in [4.69, 9.17) is 15.8 Å². The van der Waals surface area contributed by atoms with Gasteiger partial charge in [-0.25, -0.2) is 8.78 Å². The van der Waals surface area contributed by atoms with E-state index in [1.165, 1.54) is 0 Å². The van der Waals surface area contributed by atoms with Gasteiger partial charge in [-0.3, -0.25) is 4.90 Å². The molecule has 1 atom stereocenters. The van der Waals surface area contributed by atoms with Crippen LogP contribution in [-0.2, 0) is 0 Å². The second-order valence-electron chi connectivity index (χ2n) is 5.20. The molecule has 1 unspecified atom stereocenters. The van der Waals surface area contributed by atoms with Crippen LogP contribution in [0.3, 0.4) is 0 Å². The van der Waals surface area contributed by atoms with Crippen LogP contribution in [0.1, 0.15) is 32.1 Å². The van der Waals surface area contributed by atoms with Crippen molar-refractivity contribution in [1.29, 1.82) is 0 Å². The Morgan fingerprint density at radius 1 is 1.28 bits per heavy atom. The predicted octanol–water partition coefficient (Wildman–Crippen LogP) is 0.688. The molecule has 18 heavy (non-hydrogen) atoms. The molecule has 0 amide bonds. The lowest BCUT2D eigenvalue weighted by atomic mass is 9.83. The minimum atomic E-state index is -2.53. The van der Waals surface area contributed by atoms with Crippen LogP contribution in [0.4, 0.5) is 8.78 Å². The van der Waals surface area contributed by atoms with Gasteiger partial charge in [-0.2, -0.15) is 0 Å². The molecule has 0 radical (unpaired) electrons. The van der Waals surface area contributed by atoms with Crippen molar-refractivity contribution in [2.24, 2.45) is 5.73 Å². The van der Waals surface area contributed by atoms with Gasteiger partial charge in [0.1, 0.15) is 0 Å². The van der Waals surface area contributed by atoms with Gasteiger partial charge in [0.05, 0.1) is 6.54 Å². The summed E-state index contributed by atoms with van der Waals surface area (Å²) >= 11 is 0. The van der Waals surface area contributed by atoms with E-state index in [1.807, 2.05) is 0 Å². The Balaban J connectivity index is 2.02. The maximum absolute atomic E-state index is 12.9. The molecule has 7 heteroatoms. The summed E-state index contributed by atoms with van der Waals surface area (Å²) in [5.41, 5.74) is 5.90. The maximum Gasteiger partial charge on any atom is 0.451 e. The second-order valence-corrected chi connectivity index (χ2v) is 5.20. The molecule has 1 saturated heterocycles. The fourth-order valence-corrected chi connectivity index (χ4v) is 2.22. The summed E-state index contributed by atoms with van der Waals surface area (Å²) in [7, 11) is -1.24. The molecular weight excluding hydrogens is 241 g/mol. The highest BCUT2D eigenvalue weighted by Gasteiger charge is 2.37. The minimum Gasteiger partial charge on any atom is -0.427 e. The molecule has 4 N–H and O–H groups in total. The van der Waals surface area contributed by atoms with E-state index in [0.29, 0.717) is 19.4 Å². The first kappa shape index (κ1) is 15.8. The van der Waals surface area contributed by atoms with Gasteiger partial charge in [0, 0.05) is 19.0 Å². The third kappa shape index (κ3) is 6.63. The average Bonchev–Trinajstić information content (AvgIpc) is 2.61.